The highest BCUT2D eigenvalue weighted by molar-refractivity contribution is 9.11. The zero-order chi connectivity index (χ0) is 11.6. The molecule has 84 valence electrons. The van der Waals surface area contributed by atoms with E-state index in [0.29, 0.717) is 0 Å². The molecular weight excluding hydrogens is 296 g/mol. The standard InChI is InChI=1S/C9H13BrN2OS2/c1-6(7-5-11-8(10)14-7)12-15(13)9(2,3)4/h5H,1-4H3. The summed E-state index contributed by atoms with van der Waals surface area (Å²) in [6.07, 6.45) is 1.73. The highest BCUT2D eigenvalue weighted by Gasteiger charge is 2.19. The number of hydrogen-bond donors (Lipinski definition) is 0. The molecule has 15 heavy (non-hydrogen) atoms. The molecule has 0 aliphatic heterocycles. The molecule has 1 unspecified atom stereocenters. The van der Waals surface area contributed by atoms with Crippen LogP contribution < -0.4 is 0 Å². The van der Waals surface area contributed by atoms with Crippen molar-refractivity contribution < 1.29 is 4.21 Å². The number of thiazole rings is 1. The van der Waals surface area contributed by atoms with Gasteiger partial charge in [-0.1, -0.05) is 0 Å². The van der Waals surface area contributed by atoms with Gasteiger partial charge in [0.15, 0.2) is 3.92 Å². The fourth-order valence-corrected chi connectivity index (χ4v) is 2.62. The Bertz CT molecular complexity index is 406. The van der Waals surface area contributed by atoms with Crippen LogP contribution in [0.2, 0.25) is 0 Å². The molecule has 0 saturated heterocycles. The second-order valence-corrected chi connectivity index (χ2v) is 8.23. The van der Waals surface area contributed by atoms with Crippen LogP contribution in [-0.4, -0.2) is 19.7 Å². The maximum atomic E-state index is 11.8. The Labute approximate surface area is 105 Å². The molecule has 0 spiro atoms. The van der Waals surface area contributed by atoms with E-state index >= 15 is 0 Å². The summed E-state index contributed by atoms with van der Waals surface area (Å²) < 4.78 is 16.4. The van der Waals surface area contributed by atoms with Crippen LogP contribution in [0.5, 0.6) is 0 Å². The second kappa shape index (κ2) is 4.84. The lowest BCUT2D eigenvalue weighted by Crippen LogP contribution is -2.20. The predicted octanol–water partition coefficient (Wildman–Crippen LogP) is 3.18. The summed E-state index contributed by atoms with van der Waals surface area (Å²) in [5.41, 5.74) is 0.770. The molecule has 0 aliphatic carbocycles. The lowest BCUT2D eigenvalue weighted by Gasteiger charge is -2.13. The highest BCUT2D eigenvalue weighted by Crippen LogP contribution is 2.20. The molecule has 1 aromatic heterocycles. The van der Waals surface area contributed by atoms with Gasteiger partial charge in [0, 0.05) is 6.20 Å². The minimum Gasteiger partial charge on any atom is -0.237 e. The summed E-state index contributed by atoms with van der Waals surface area (Å²) in [6.45, 7) is 7.57. The van der Waals surface area contributed by atoms with Gasteiger partial charge < -0.3 is 0 Å². The Morgan fingerprint density at radius 3 is 2.60 bits per heavy atom. The molecule has 1 aromatic rings. The first-order chi connectivity index (χ1) is 6.80. The van der Waals surface area contributed by atoms with Crippen molar-refractivity contribution in [3.05, 3.63) is 15.0 Å². The van der Waals surface area contributed by atoms with Crippen molar-refractivity contribution >= 4 is 44.0 Å². The van der Waals surface area contributed by atoms with Crippen LogP contribution in [-0.2, 0) is 11.0 Å². The predicted molar refractivity (Wildman–Crippen MR) is 69.9 cm³/mol. The van der Waals surface area contributed by atoms with Crippen molar-refractivity contribution in [3.8, 4) is 0 Å². The maximum Gasteiger partial charge on any atom is 0.159 e. The molecule has 1 heterocycles. The molecule has 0 bridgehead atoms. The van der Waals surface area contributed by atoms with Crippen LogP contribution in [0.3, 0.4) is 0 Å². The summed E-state index contributed by atoms with van der Waals surface area (Å²) in [6, 6.07) is 0. The fourth-order valence-electron chi connectivity index (χ4n) is 0.726. The summed E-state index contributed by atoms with van der Waals surface area (Å²) in [5, 5.41) is 0. The van der Waals surface area contributed by atoms with Crippen LogP contribution in [0, 0.1) is 0 Å². The van der Waals surface area contributed by atoms with Crippen molar-refractivity contribution in [3.63, 3.8) is 0 Å². The smallest absolute Gasteiger partial charge is 0.159 e. The average molecular weight is 309 g/mol. The van der Waals surface area contributed by atoms with Crippen LogP contribution in [0.15, 0.2) is 14.5 Å². The van der Waals surface area contributed by atoms with Gasteiger partial charge >= 0.3 is 0 Å². The van der Waals surface area contributed by atoms with Gasteiger partial charge in [0.25, 0.3) is 0 Å². The molecule has 0 aromatic carbocycles. The number of hydrogen-bond acceptors (Lipinski definition) is 3. The molecule has 0 fully saturated rings. The van der Waals surface area contributed by atoms with Crippen LogP contribution in [0.1, 0.15) is 32.6 Å². The van der Waals surface area contributed by atoms with Crippen molar-refractivity contribution in [1.29, 1.82) is 0 Å². The maximum absolute atomic E-state index is 11.8. The van der Waals surface area contributed by atoms with Crippen molar-refractivity contribution in [2.75, 3.05) is 0 Å². The topological polar surface area (TPSA) is 42.3 Å². The van der Waals surface area contributed by atoms with Crippen LogP contribution in [0.25, 0.3) is 0 Å². The van der Waals surface area contributed by atoms with Crippen molar-refractivity contribution in [2.24, 2.45) is 4.40 Å². The van der Waals surface area contributed by atoms with Gasteiger partial charge in [-0.3, -0.25) is 0 Å². The molecule has 0 saturated carbocycles. The third kappa shape index (κ3) is 3.77. The van der Waals surface area contributed by atoms with Crippen molar-refractivity contribution in [2.45, 2.75) is 32.4 Å². The van der Waals surface area contributed by atoms with E-state index in [1.807, 2.05) is 27.7 Å². The van der Waals surface area contributed by atoms with E-state index in [4.69, 9.17) is 0 Å². The largest absolute Gasteiger partial charge is 0.237 e. The minimum absolute atomic E-state index is 0.316. The number of nitrogens with zero attached hydrogens (tertiary/aromatic N) is 2. The normalized spacial score (nSPS) is 15.4. The fraction of sp³-hybridized carbons (Fsp3) is 0.556. The van der Waals surface area contributed by atoms with Gasteiger partial charge in [0.05, 0.1) is 15.3 Å². The Balaban J connectivity index is 2.90. The lowest BCUT2D eigenvalue weighted by molar-refractivity contribution is 0.650. The quantitative estimate of drug-likeness (QED) is 0.787. The Hall–Kier alpha value is -0.0700. The minimum atomic E-state index is -1.21. The zero-order valence-corrected chi connectivity index (χ0v) is 12.3. The third-order valence-electron chi connectivity index (χ3n) is 1.58. The molecule has 0 N–H and O–H groups in total. The van der Waals surface area contributed by atoms with E-state index < -0.39 is 11.0 Å². The monoisotopic (exact) mass is 308 g/mol. The van der Waals surface area contributed by atoms with Gasteiger partial charge in [-0.15, -0.1) is 11.3 Å². The van der Waals surface area contributed by atoms with E-state index in [1.54, 1.807) is 6.20 Å². The van der Waals surface area contributed by atoms with Gasteiger partial charge in [-0.2, -0.15) is 4.40 Å². The van der Waals surface area contributed by atoms with Crippen LogP contribution in [0.4, 0.5) is 0 Å². The molecule has 1 atom stereocenters. The number of halogens is 1. The van der Waals surface area contributed by atoms with Crippen LogP contribution >= 0.6 is 27.3 Å². The molecule has 0 amide bonds. The average Bonchev–Trinajstić information content (AvgIpc) is 2.50. The molecule has 0 aliphatic rings. The molecule has 3 nitrogen and oxygen atoms in total. The van der Waals surface area contributed by atoms with Gasteiger partial charge in [0.2, 0.25) is 0 Å². The summed E-state index contributed by atoms with van der Waals surface area (Å²) in [7, 11) is -1.21. The SMILES string of the molecule is CC(=NS(=O)C(C)(C)C)c1cnc(Br)s1. The summed E-state index contributed by atoms with van der Waals surface area (Å²) in [4.78, 5) is 5.01. The Morgan fingerprint density at radius 2 is 2.20 bits per heavy atom. The zero-order valence-electron chi connectivity index (χ0n) is 9.07. The molecular formula is C9H13BrN2OS2. The van der Waals surface area contributed by atoms with E-state index in [-0.39, 0.29) is 4.75 Å². The second-order valence-electron chi connectivity index (χ2n) is 4.02. The lowest BCUT2D eigenvalue weighted by atomic mass is 10.3. The summed E-state index contributed by atoms with van der Waals surface area (Å²) >= 11 is 4.77. The number of rotatable bonds is 2. The molecule has 1 rings (SSSR count). The highest BCUT2D eigenvalue weighted by atomic mass is 79.9. The Morgan fingerprint density at radius 1 is 1.60 bits per heavy atom. The molecule has 6 heteroatoms. The first-order valence-electron chi connectivity index (χ1n) is 4.39. The van der Waals surface area contributed by atoms with Gasteiger partial charge in [-0.25, -0.2) is 9.19 Å². The third-order valence-corrected chi connectivity index (χ3v) is 4.65. The Kier molecular flexibility index (Phi) is 4.20. The van der Waals surface area contributed by atoms with Gasteiger partial charge in [-0.05, 0) is 43.6 Å². The van der Waals surface area contributed by atoms with E-state index in [9.17, 15) is 4.21 Å². The number of aromatic nitrogens is 1. The van der Waals surface area contributed by atoms with Crippen molar-refractivity contribution in [1.82, 2.24) is 4.98 Å². The first-order valence-corrected chi connectivity index (χ1v) is 7.11. The summed E-state index contributed by atoms with van der Waals surface area (Å²) in [5.74, 6) is 0. The first kappa shape index (κ1) is 13.0. The van der Waals surface area contributed by atoms with E-state index in [0.717, 1.165) is 14.5 Å². The van der Waals surface area contributed by atoms with E-state index in [1.165, 1.54) is 11.3 Å². The molecule has 0 radical (unpaired) electrons. The van der Waals surface area contributed by atoms with Gasteiger partial charge in [0.1, 0.15) is 11.0 Å². The van der Waals surface area contributed by atoms with E-state index in [2.05, 4.69) is 25.3 Å².